The molecule has 0 saturated carbocycles. The third kappa shape index (κ3) is 6.07. The molecule has 0 fully saturated rings. The number of carbonyl (C=O) groups excluding carboxylic acids is 3. The topological polar surface area (TPSA) is 156 Å². The van der Waals surface area contributed by atoms with Gasteiger partial charge >= 0.3 is 6.09 Å². The Balaban J connectivity index is 1.40. The third-order valence-corrected chi connectivity index (χ3v) is 6.43. The van der Waals surface area contributed by atoms with Gasteiger partial charge in [0, 0.05) is 22.7 Å². The summed E-state index contributed by atoms with van der Waals surface area (Å²) in [4.78, 5) is 45.2. The zero-order chi connectivity index (χ0) is 27.4. The number of aromatic nitrogens is 5. The Labute approximate surface area is 228 Å². The second-order valence-electron chi connectivity index (χ2n) is 8.91. The van der Waals surface area contributed by atoms with Crippen molar-refractivity contribution >= 4 is 40.9 Å². The lowest BCUT2D eigenvalue weighted by molar-refractivity contribution is -0.116. The summed E-state index contributed by atoms with van der Waals surface area (Å²) in [6.07, 6.45) is 4.67. The highest BCUT2D eigenvalue weighted by molar-refractivity contribution is 6.30. The molecule has 0 aliphatic carbocycles. The van der Waals surface area contributed by atoms with Crippen molar-refractivity contribution in [3.05, 3.63) is 71.4 Å². The van der Waals surface area contributed by atoms with Crippen molar-refractivity contribution in [3.8, 4) is 16.9 Å². The zero-order valence-electron chi connectivity index (χ0n) is 20.9. The highest BCUT2D eigenvalue weighted by atomic mass is 35.5. The van der Waals surface area contributed by atoms with Crippen LogP contribution < -0.4 is 16.0 Å². The number of anilines is 2. The maximum Gasteiger partial charge on any atom is 0.411 e. The summed E-state index contributed by atoms with van der Waals surface area (Å²) >= 11 is 6.07. The normalized spacial score (nSPS) is 15.2. The molecule has 12 nitrogen and oxygen atoms in total. The highest BCUT2D eigenvalue weighted by Crippen LogP contribution is 2.32. The first-order chi connectivity index (χ1) is 18.9. The van der Waals surface area contributed by atoms with Crippen LogP contribution in [0.15, 0.2) is 54.9 Å². The van der Waals surface area contributed by atoms with Gasteiger partial charge in [0.15, 0.2) is 5.69 Å². The first kappa shape index (κ1) is 25.9. The van der Waals surface area contributed by atoms with E-state index < -0.39 is 18.0 Å². The van der Waals surface area contributed by atoms with E-state index in [1.165, 1.54) is 18.0 Å². The summed E-state index contributed by atoms with van der Waals surface area (Å²) < 4.78 is 6.13. The Morgan fingerprint density at radius 2 is 2.05 bits per heavy atom. The van der Waals surface area contributed by atoms with E-state index in [1.807, 2.05) is 6.07 Å². The number of imidazole rings is 1. The number of hydrogen-bond acceptors (Lipinski definition) is 7. The van der Waals surface area contributed by atoms with E-state index in [1.54, 1.807) is 42.6 Å². The van der Waals surface area contributed by atoms with Gasteiger partial charge in [-0.2, -0.15) is 0 Å². The van der Waals surface area contributed by atoms with Crippen LogP contribution in [0.5, 0.6) is 0 Å². The Morgan fingerprint density at radius 3 is 2.87 bits per heavy atom. The SMILES string of the molecule is COC(=O)Nc1ccc2c(c1)NC(=O)CCCC[C@H](NC(=O)c1cn(-c3cccc(Cl)c3)nn1)c1ncc-2[nH]1. The molecule has 3 heterocycles. The monoisotopic (exact) mass is 548 g/mol. The molecule has 1 aliphatic heterocycles. The number of fused-ring (bicyclic) bond motifs is 4. The molecule has 3 amide bonds. The molecule has 4 aromatic rings. The predicted molar refractivity (Wildman–Crippen MR) is 144 cm³/mol. The van der Waals surface area contributed by atoms with Gasteiger partial charge in [-0.15, -0.1) is 5.10 Å². The molecule has 0 unspecified atom stereocenters. The average Bonchev–Trinajstić information content (AvgIpc) is 3.61. The molecule has 1 aliphatic rings. The zero-order valence-corrected chi connectivity index (χ0v) is 21.7. The van der Waals surface area contributed by atoms with Gasteiger partial charge in [0.2, 0.25) is 5.91 Å². The summed E-state index contributed by atoms with van der Waals surface area (Å²) in [7, 11) is 1.27. The third-order valence-electron chi connectivity index (χ3n) is 6.19. The molecular formula is C26H25ClN8O4. The highest BCUT2D eigenvalue weighted by Gasteiger charge is 2.23. The van der Waals surface area contributed by atoms with E-state index in [4.69, 9.17) is 11.6 Å². The molecule has 39 heavy (non-hydrogen) atoms. The number of nitrogens with one attached hydrogen (secondary N) is 4. The predicted octanol–water partition coefficient (Wildman–Crippen LogP) is 4.47. The Hall–Kier alpha value is -4.71. The van der Waals surface area contributed by atoms with Crippen LogP contribution in [0, 0.1) is 0 Å². The summed E-state index contributed by atoms with van der Waals surface area (Å²) in [5.74, 6) is -0.00446. The minimum atomic E-state index is -0.621. The van der Waals surface area contributed by atoms with E-state index in [0.717, 1.165) is 0 Å². The Kier molecular flexibility index (Phi) is 7.55. The number of halogens is 1. The number of rotatable bonds is 4. The standard InChI is InChI=1S/C26H25ClN8O4/c1-39-26(38)29-16-9-10-18-20(12-16)30-23(36)8-3-2-7-19(24-28-13-21(18)31-24)32-25(37)22-14-35(34-33-22)17-6-4-5-15(27)11-17/h4-6,9-14,19H,2-3,7-8H2,1H3,(H,28,31)(H,29,38)(H,30,36)(H,32,37)/t19-/m0/s1. The van der Waals surface area contributed by atoms with Crippen LogP contribution in [0.2, 0.25) is 5.02 Å². The average molecular weight is 549 g/mol. The number of ether oxygens (including phenoxy) is 1. The van der Waals surface area contributed by atoms with E-state index >= 15 is 0 Å². The molecule has 13 heteroatoms. The van der Waals surface area contributed by atoms with Gasteiger partial charge in [-0.1, -0.05) is 29.3 Å². The second-order valence-corrected chi connectivity index (χ2v) is 9.34. The summed E-state index contributed by atoms with van der Waals surface area (Å²) in [5, 5.41) is 17.1. The van der Waals surface area contributed by atoms with Crippen LogP contribution in [0.3, 0.4) is 0 Å². The van der Waals surface area contributed by atoms with Crippen molar-refractivity contribution in [2.45, 2.75) is 31.7 Å². The van der Waals surface area contributed by atoms with Gasteiger partial charge < -0.3 is 20.4 Å². The number of H-pyrrole nitrogens is 1. The van der Waals surface area contributed by atoms with Crippen LogP contribution in [0.1, 0.15) is 48.0 Å². The Bertz CT molecular complexity index is 1530. The first-order valence-electron chi connectivity index (χ1n) is 12.2. The number of amides is 3. The van der Waals surface area contributed by atoms with Gasteiger partial charge in [-0.25, -0.2) is 14.5 Å². The van der Waals surface area contributed by atoms with Gasteiger partial charge in [-0.05, 0) is 49.2 Å². The van der Waals surface area contributed by atoms with Gasteiger partial charge in [0.05, 0.1) is 42.6 Å². The van der Waals surface area contributed by atoms with Crippen molar-refractivity contribution < 1.29 is 19.1 Å². The summed E-state index contributed by atoms with van der Waals surface area (Å²) in [6, 6.07) is 11.7. The fourth-order valence-electron chi connectivity index (χ4n) is 4.25. The van der Waals surface area contributed by atoms with Gasteiger partial charge in [0.1, 0.15) is 5.82 Å². The van der Waals surface area contributed by atoms with Crippen LogP contribution in [0.4, 0.5) is 16.2 Å². The molecule has 200 valence electrons. The smallest absolute Gasteiger partial charge is 0.411 e. The minimum absolute atomic E-state index is 0.142. The number of carbonyl (C=O) groups is 3. The molecule has 2 aromatic heterocycles. The second kappa shape index (κ2) is 11.4. The molecule has 0 spiro atoms. The van der Waals surface area contributed by atoms with Gasteiger partial charge in [-0.3, -0.25) is 14.9 Å². The fourth-order valence-corrected chi connectivity index (χ4v) is 4.43. The van der Waals surface area contributed by atoms with Crippen LogP contribution in [0.25, 0.3) is 16.9 Å². The fraction of sp³-hybridized carbons (Fsp3) is 0.231. The summed E-state index contributed by atoms with van der Waals surface area (Å²) in [6.45, 7) is 0. The van der Waals surface area contributed by atoms with Crippen LogP contribution >= 0.6 is 11.6 Å². The molecular weight excluding hydrogens is 524 g/mol. The van der Waals surface area contributed by atoms with E-state index in [0.29, 0.717) is 64.8 Å². The number of nitrogens with zero attached hydrogens (tertiary/aromatic N) is 4. The largest absolute Gasteiger partial charge is 0.453 e. The maximum atomic E-state index is 13.1. The molecule has 0 radical (unpaired) electrons. The first-order valence-corrected chi connectivity index (χ1v) is 12.6. The maximum absolute atomic E-state index is 13.1. The molecule has 4 N–H and O–H groups in total. The lowest BCUT2D eigenvalue weighted by Crippen LogP contribution is -2.29. The lowest BCUT2D eigenvalue weighted by atomic mass is 10.1. The molecule has 1 atom stereocenters. The number of hydrogen-bond donors (Lipinski definition) is 4. The van der Waals surface area contributed by atoms with Crippen molar-refractivity contribution in [1.82, 2.24) is 30.3 Å². The summed E-state index contributed by atoms with van der Waals surface area (Å²) in [5.41, 5.74) is 3.09. The van der Waals surface area contributed by atoms with Crippen LogP contribution in [-0.4, -0.2) is 50.0 Å². The van der Waals surface area contributed by atoms with Crippen molar-refractivity contribution in [3.63, 3.8) is 0 Å². The van der Waals surface area contributed by atoms with E-state index in [-0.39, 0.29) is 11.6 Å². The van der Waals surface area contributed by atoms with Crippen LogP contribution in [-0.2, 0) is 9.53 Å². The molecule has 2 aromatic carbocycles. The van der Waals surface area contributed by atoms with E-state index in [2.05, 4.69) is 41.0 Å². The molecule has 0 saturated heterocycles. The minimum Gasteiger partial charge on any atom is -0.453 e. The molecule has 2 bridgehead atoms. The lowest BCUT2D eigenvalue weighted by Gasteiger charge is -2.17. The van der Waals surface area contributed by atoms with Gasteiger partial charge in [0.25, 0.3) is 5.91 Å². The number of benzene rings is 2. The molecule has 5 rings (SSSR count). The Morgan fingerprint density at radius 1 is 1.18 bits per heavy atom. The van der Waals surface area contributed by atoms with Crippen molar-refractivity contribution in [2.24, 2.45) is 0 Å². The quantitative estimate of drug-likeness (QED) is 0.293. The van der Waals surface area contributed by atoms with Crippen molar-refractivity contribution in [1.29, 1.82) is 0 Å². The number of methoxy groups -OCH3 is 1. The van der Waals surface area contributed by atoms with Crippen molar-refractivity contribution in [2.75, 3.05) is 17.7 Å². The number of aromatic amines is 1. The van der Waals surface area contributed by atoms with E-state index in [9.17, 15) is 14.4 Å².